The molecule has 0 aliphatic heterocycles. The van der Waals surface area contributed by atoms with Gasteiger partial charge in [0.1, 0.15) is 6.33 Å². The summed E-state index contributed by atoms with van der Waals surface area (Å²) in [5.41, 5.74) is 0.745. The highest BCUT2D eigenvalue weighted by molar-refractivity contribution is 8.01. The van der Waals surface area contributed by atoms with Crippen LogP contribution in [0, 0.1) is 0 Å². The van der Waals surface area contributed by atoms with Crippen LogP contribution in [0.4, 0.5) is 0 Å². The van der Waals surface area contributed by atoms with Crippen LogP contribution in [0.1, 0.15) is 10.4 Å². The van der Waals surface area contributed by atoms with Crippen molar-refractivity contribution in [2.75, 3.05) is 5.75 Å². The number of rotatable bonds is 4. The molecule has 0 atom stereocenters. The Balaban J connectivity index is 1.93. The van der Waals surface area contributed by atoms with Crippen molar-refractivity contribution in [2.45, 2.75) is 4.34 Å². The zero-order chi connectivity index (χ0) is 10.7. The Labute approximate surface area is 95.5 Å². The minimum Gasteiger partial charge on any atom is -0.357 e. The Morgan fingerprint density at radius 2 is 2.53 bits per heavy atom. The van der Waals surface area contributed by atoms with Crippen molar-refractivity contribution in [3.8, 4) is 0 Å². The fraction of sp³-hybridized carbons (Fsp3) is 0.222. The van der Waals surface area contributed by atoms with Crippen molar-refractivity contribution < 1.29 is 4.79 Å². The zero-order valence-corrected chi connectivity index (χ0v) is 9.72. The second-order valence-corrected chi connectivity index (χ2v) is 4.99. The Kier molecular flexibility index (Phi) is 3.17. The lowest BCUT2D eigenvalue weighted by atomic mass is 10.2. The first-order valence-electron chi connectivity index (χ1n) is 4.30. The van der Waals surface area contributed by atoms with Gasteiger partial charge in [-0.05, 0) is 17.6 Å². The van der Waals surface area contributed by atoms with E-state index in [0.29, 0.717) is 5.75 Å². The van der Waals surface area contributed by atoms with E-state index in [-0.39, 0.29) is 5.78 Å². The SMILES string of the molecule is Cn1ccc(C(=O)CSc2ncns2)c1. The minimum absolute atomic E-state index is 0.121. The Morgan fingerprint density at radius 3 is 3.13 bits per heavy atom. The average molecular weight is 239 g/mol. The number of carbonyl (C=O) groups excluding carboxylic acids is 1. The lowest BCUT2D eigenvalue weighted by molar-refractivity contribution is 0.102. The van der Waals surface area contributed by atoms with Gasteiger partial charge in [-0.1, -0.05) is 11.8 Å². The second-order valence-electron chi connectivity index (χ2n) is 2.98. The molecule has 0 spiro atoms. The van der Waals surface area contributed by atoms with Gasteiger partial charge in [0.15, 0.2) is 10.1 Å². The minimum atomic E-state index is 0.121. The predicted molar refractivity (Wildman–Crippen MR) is 60.4 cm³/mol. The van der Waals surface area contributed by atoms with Crippen molar-refractivity contribution in [3.05, 3.63) is 30.4 Å². The molecule has 4 nitrogen and oxygen atoms in total. The summed E-state index contributed by atoms with van der Waals surface area (Å²) in [5.74, 6) is 0.537. The first-order chi connectivity index (χ1) is 7.25. The number of Topliss-reactive ketones (excluding diaryl/α,β-unsaturated/α-hetero) is 1. The molecule has 2 aromatic heterocycles. The highest BCUT2D eigenvalue weighted by Gasteiger charge is 2.08. The van der Waals surface area contributed by atoms with E-state index in [2.05, 4.69) is 9.36 Å². The van der Waals surface area contributed by atoms with Gasteiger partial charge in [-0.15, -0.1) is 0 Å². The van der Waals surface area contributed by atoms with Gasteiger partial charge in [-0.25, -0.2) is 4.98 Å². The maximum absolute atomic E-state index is 11.7. The van der Waals surface area contributed by atoms with Crippen LogP contribution in [0.2, 0.25) is 0 Å². The predicted octanol–water partition coefficient (Wildman–Crippen LogP) is 1.85. The topological polar surface area (TPSA) is 47.8 Å². The molecule has 0 saturated heterocycles. The molecule has 0 amide bonds. The number of thioether (sulfide) groups is 1. The fourth-order valence-electron chi connectivity index (χ4n) is 1.11. The maximum atomic E-state index is 11.7. The summed E-state index contributed by atoms with van der Waals surface area (Å²) in [6.45, 7) is 0. The first kappa shape index (κ1) is 10.4. The normalized spacial score (nSPS) is 10.5. The van der Waals surface area contributed by atoms with Crippen molar-refractivity contribution in [1.82, 2.24) is 13.9 Å². The molecule has 0 aliphatic carbocycles. The molecule has 78 valence electrons. The van der Waals surface area contributed by atoms with Crippen LogP contribution in [0.5, 0.6) is 0 Å². The zero-order valence-electron chi connectivity index (χ0n) is 8.08. The van der Waals surface area contributed by atoms with Crippen LogP contribution in [0.25, 0.3) is 0 Å². The van der Waals surface area contributed by atoms with E-state index < -0.39 is 0 Å². The van der Waals surface area contributed by atoms with Crippen LogP contribution < -0.4 is 0 Å². The summed E-state index contributed by atoms with van der Waals surface area (Å²) < 4.78 is 6.57. The molecule has 0 unspecified atom stereocenters. The molecule has 0 aliphatic rings. The Morgan fingerprint density at radius 1 is 1.67 bits per heavy atom. The number of hydrogen-bond donors (Lipinski definition) is 0. The largest absolute Gasteiger partial charge is 0.357 e. The second kappa shape index (κ2) is 4.59. The van der Waals surface area contributed by atoms with Crippen LogP contribution in [0.15, 0.2) is 29.1 Å². The first-order valence-corrected chi connectivity index (χ1v) is 6.06. The molecule has 6 heteroatoms. The smallest absolute Gasteiger partial charge is 0.174 e. The standard InChI is InChI=1S/C9H9N3OS2/c1-12-3-2-7(4-12)8(13)5-14-9-10-6-11-15-9/h2-4,6H,5H2,1H3. The number of aryl methyl sites for hydroxylation is 1. The molecule has 2 rings (SSSR count). The number of aromatic nitrogens is 3. The van der Waals surface area contributed by atoms with E-state index in [1.807, 2.05) is 30.1 Å². The van der Waals surface area contributed by atoms with Crippen molar-refractivity contribution in [1.29, 1.82) is 0 Å². The molecule has 0 saturated carbocycles. The van der Waals surface area contributed by atoms with Crippen molar-refractivity contribution in [3.63, 3.8) is 0 Å². The number of ketones is 1. The molecule has 0 radical (unpaired) electrons. The lowest BCUT2D eigenvalue weighted by Crippen LogP contribution is -2.00. The van der Waals surface area contributed by atoms with Crippen molar-refractivity contribution in [2.24, 2.45) is 7.05 Å². The van der Waals surface area contributed by atoms with Gasteiger partial charge in [0.2, 0.25) is 0 Å². The van der Waals surface area contributed by atoms with Gasteiger partial charge in [0.25, 0.3) is 0 Å². The average Bonchev–Trinajstić information content (AvgIpc) is 2.84. The van der Waals surface area contributed by atoms with E-state index in [1.54, 1.807) is 0 Å². The molecule has 2 aromatic rings. The molecule has 0 aromatic carbocycles. The van der Waals surface area contributed by atoms with Gasteiger partial charge < -0.3 is 4.57 Å². The molecular formula is C9H9N3OS2. The van der Waals surface area contributed by atoms with Crippen LogP contribution in [-0.2, 0) is 7.05 Å². The van der Waals surface area contributed by atoms with Gasteiger partial charge in [-0.3, -0.25) is 4.79 Å². The summed E-state index contributed by atoms with van der Waals surface area (Å²) in [4.78, 5) is 15.7. The van der Waals surface area contributed by atoms with Gasteiger partial charge in [0, 0.05) is 25.0 Å². The summed E-state index contributed by atoms with van der Waals surface area (Å²) in [7, 11) is 1.90. The van der Waals surface area contributed by atoms with Gasteiger partial charge in [-0.2, -0.15) is 4.37 Å². The molecule has 2 heterocycles. The Bertz CT molecular complexity index is 450. The third kappa shape index (κ3) is 2.66. The summed E-state index contributed by atoms with van der Waals surface area (Å²) in [5, 5.41) is 0. The third-order valence-electron chi connectivity index (χ3n) is 1.82. The number of hydrogen-bond acceptors (Lipinski definition) is 5. The summed E-state index contributed by atoms with van der Waals surface area (Å²) >= 11 is 2.74. The van der Waals surface area contributed by atoms with E-state index in [9.17, 15) is 4.79 Å². The maximum Gasteiger partial charge on any atom is 0.174 e. The summed E-state index contributed by atoms with van der Waals surface area (Å²) in [6.07, 6.45) is 5.19. The Hall–Kier alpha value is -1.14. The van der Waals surface area contributed by atoms with Crippen molar-refractivity contribution >= 4 is 29.1 Å². The van der Waals surface area contributed by atoms with Crippen LogP contribution >= 0.6 is 23.3 Å². The van der Waals surface area contributed by atoms with E-state index in [1.165, 1.54) is 29.6 Å². The highest BCUT2D eigenvalue weighted by atomic mass is 32.2. The molecular weight excluding hydrogens is 230 g/mol. The quantitative estimate of drug-likeness (QED) is 0.603. The molecule has 15 heavy (non-hydrogen) atoms. The lowest BCUT2D eigenvalue weighted by Gasteiger charge is -1.94. The van der Waals surface area contributed by atoms with Crippen LogP contribution in [0.3, 0.4) is 0 Å². The number of nitrogens with zero attached hydrogens (tertiary/aromatic N) is 3. The molecule has 0 bridgehead atoms. The molecule has 0 N–H and O–H groups in total. The van der Waals surface area contributed by atoms with Gasteiger partial charge >= 0.3 is 0 Å². The monoisotopic (exact) mass is 239 g/mol. The molecule has 0 fully saturated rings. The fourth-order valence-corrected chi connectivity index (χ4v) is 2.44. The highest BCUT2D eigenvalue weighted by Crippen LogP contribution is 2.19. The van der Waals surface area contributed by atoms with E-state index in [4.69, 9.17) is 0 Å². The number of carbonyl (C=O) groups is 1. The van der Waals surface area contributed by atoms with Gasteiger partial charge in [0.05, 0.1) is 5.75 Å². The van der Waals surface area contributed by atoms with E-state index >= 15 is 0 Å². The third-order valence-corrected chi connectivity index (χ3v) is 3.62. The van der Waals surface area contributed by atoms with E-state index in [0.717, 1.165) is 9.90 Å². The summed E-state index contributed by atoms with van der Waals surface area (Å²) in [6, 6.07) is 1.82. The van der Waals surface area contributed by atoms with Crippen LogP contribution in [-0.4, -0.2) is 25.5 Å².